The van der Waals surface area contributed by atoms with Gasteiger partial charge in [0, 0.05) is 23.9 Å². The Hall–Kier alpha value is -0.640. The molecule has 1 aromatic rings. The van der Waals surface area contributed by atoms with Gasteiger partial charge in [-0.25, -0.2) is 4.58 Å². The number of hydrogen-bond acceptors (Lipinski definition) is 2. The molecule has 0 aliphatic carbocycles. The Kier molecular flexibility index (Phi) is 7.64. The molecule has 0 amide bonds. The summed E-state index contributed by atoms with van der Waals surface area (Å²) in [5.74, 6) is 1.14. The predicted octanol–water partition coefficient (Wildman–Crippen LogP) is 1.04. The van der Waals surface area contributed by atoms with Gasteiger partial charge in [-0.05, 0) is 13.0 Å². The maximum Gasteiger partial charge on any atom is 0.179 e. The van der Waals surface area contributed by atoms with Gasteiger partial charge in [0.1, 0.15) is 13.1 Å². The zero-order valence-electron chi connectivity index (χ0n) is 12.3. The Morgan fingerprint density at radius 1 is 1.29 bits per heavy atom. The maximum absolute atomic E-state index is 6.08. The molecule has 3 nitrogen and oxygen atoms in total. The summed E-state index contributed by atoms with van der Waals surface area (Å²) in [6.45, 7) is 5.03. The van der Waals surface area contributed by atoms with Gasteiger partial charge in [0.25, 0.3) is 0 Å². The summed E-state index contributed by atoms with van der Waals surface area (Å²) in [6.07, 6.45) is 3.35. The molecular weight excluding hydrogens is 333 g/mol. The van der Waals surface area contributed by atoms with Crippen molar-refractivity contribution < 1.29 is 26.5 Å². The first-order chi connectivity index (χ1) is 9.65. The molecule has 118 valence electrons. The van der Waals surface area contributed by atoms with Gasteiger partial charge >= 0.3 is 0 Å². The van der Waals surface area contributed by atoms with Crippen LogP contribution in [0.3, 0.4) is 0 Å². The molecule has 1 aliphatic heterocycles. The van der Waals surface area contributed by atoms with Crippen molar-refractivity contribution in [2.45, 2.75) is 26.2 Å². The summed E-state index contributed by atoms with van der Waals surface area (Å²) < 4.78 is 13.5. The predicted molar refractivity (Wildman–Crippen MR) is 83.0 cm³/mol. The highest BCUT2D eigenvalue weighted by Crippen LogP contribution is 2.37. The van der Waals surface area contributed by atoms with Crippen molar-refractivity contribution >= 4 is 28.9 Å². The molecule has 0 saturated carbocycles. The van der Waals surface area contributed by atoms with Gasteiger partial charge in [-0.2, -0.15) is 0 Å². The topological polar surface area (TPSA) is 21.5 Å². The molecule has 1 aromatic carbocycles. The molecule has 0 bridgehead atoms. The highest BCUT2D eigenvalue weighted by molar-refractivity contribution is 6.35. The summed E-state index contributed by atoms with van der Waals surface area (Å²) in [5.41, 5.74) is 1.47. The summed E-state index contributed by atoms with van der Waals surface area (Å²) in [6, 6.07) is 3.39. The van der Waals surface area contributed by atoms with Crippen molar-refractivity contribution in [3.05, 3.63) is 22.2 Å². The minimum absolute atomic E-state index is 0. The fourth-order valence-electron chi connectivity index (χ4n) is 2.58. The Morgan fingerprint density at radius 3 is 2.71 bits per heavy atom. The smallest absolute Gasteiger partial charge is 0.179 e. The molecular formula is C15H20Cl3NO2. The zero-order valence-corrected chi connectivity index (χ0v) is 14.6. The van der Waals surface area contributed by atoms with Crippen LogP contribution in [0.15, 0.2) is 12.1 Å². The van der Waals surface area contributed by atoms with E-state index in [1.54, 1.807) is 19.2 Å². The lowest BCUT2D eigenvalue weighted by Crippen LogP contribution is -3.00. The zero-order chi connectivity index (χ0) is 14.5. The van der Waals surface area contributed by atoms with E-state index >= 15 is 0 Å². The number of benzene rings is 1. The highest BCUT2D eigenvalue weighted by Gasteiger charge is 2.20. The summed E-state index contributed by atoms with van der Waals surface area (Å²) in [5, 5.41) is 1.02. The van der Waals surface area contributed by atoms with Crippen molar-refractivity contribution in [1.82, 2.24) is 0 Å². The molecule has 0 aromatic heterocycles. The Balaban J connectivity index is 0.00000220. The van der Waals surface area contributed by atoms with Crippen molar-refractivity contribution in [2.24, 2.45) is 0 Å². The SMILES string of the molecule is CC[N+]1=C(CCOc2cc(Cl)cc(Cl)c2OC)CCC1.[Cl-]. The first-order valence-electron chi connectivity index (χ1n) is 6.91. The van der Waals surface area contributed by atoms with Crippen LogP contribution in [-0.2, 0) is 0 Å². The molecule has 1 aliphatic rings. The molecule has 0 radical (unpaired) electrons. The van der Waals surface area contributed by atoms with Crippen LogP contribution in [0.5, 0.6) is 11.5 Å². The molecule has 0 saturated heterocycles. The lowest BCUT2D eigenvalue weighted by Gasteiger charge is -2.12. The number of ether oxygens (including phenoxy) is 2. The van der Waals surface area contributed by atoms with E-state index in [0.29, 0.717) is 28.2 Å². The molecule has 1 heterocycles. The molecule has 0 spiro atoms. The molecule has 21 heavy (non-hydrogen) atoms. The third-order valence-corrected chi connectivity index (χ3v) is 4.05. The normalized spacial score (nSPS) is 14.1. The van der Waals surface area contributed by atoms with Crippen LogP contribution in [0.4, 0.5) is 0 Å². The number of halogens is 3. The van der Waals surface area contributed by atoms with Gasteiger partial charge in [0.2, 0.25) is 0 Å². The largest absolute Gasteiger partial charge is 1.00 e. The number of hydrogen-bond donors (Lipinski definition) is 0. The second kappa shape index (κ2) is 8.72. The quantitative estimate of drug-likeness (QED) is 0.714. The average Bonchev–Trinajstić information content (AvgIpc) is 2.86. The first kappa shape index (κ1) is 18.4. The van der Waals surface area contributed by atoms with E-state index in [1.165, 1.54) is 18.6 Å². The monoisotopic (exact) mass is 351 g/mol. The summed E-state index contributed by atoms with van der Waals surface area (Å²) in [4.78, 5) is 0. The Labute approximate surface area is 142 Å². The summed E-state index contributed by atoms with van der Waals surface area (Å²) in [7, 11) is 1.58. The van der Waals surface area contributed by atoms with E-state index in [2.05, 4.69) is 11.5 Å². The van der Waals surface area contributed by atoms with E-state index in [1.807, 2.05) is 0 Å². The van der Waals surface area contributed by atoms with Gasteiger partial charge in [-0.3, -0.25) is 0 Å². The Bertz CT molecular complexity index is 518. The van der Waals surface area contributed by atoms with Crippen LogP contribution in [0.2, 0.25) is 10.0 Å². The van der Waals surface area contributed by atoms with Crippen LogP contribution >= 0.6 is 23.2 Å². The first-order valence-corrected chi connectivity index (χ1v) is 7.66. The lowest BCUT2D eigenvalue weighted by molar-refractivity contribution is -0.517. The van der Waals surface area contributed by atoms with E-state index in [9.17, 15) is 0 Å². The third-order valence-electron chi connectivity index (χ3n) is 3.55. The fourth-order valence-corrected chi connectivity index (χ4v) is 3.13. The van der Waals surface area contributed by atoms with Crippen LogP contribution in [-0.4, -0.2) is 37.1 Å². The molecule has 0 N–H and O–H groups in total. The minimum Gasteiger partial charge on any atom is -1.00 e. The molecule has 0 unspecified atom stereocenters. The number of methoxy groups -OCH3 is 1. The average molecular weight is 353 g/mol. The van der Waals surface area contributed by atoms with Crippen molar-refractivity contribution in [1.29, 1.82) is 0 Å². The third kappa shape index (κ3) is 4.67. The maximum atomic E-state index is 6.08. The second-order valence-electron chi connectivity index (χ2n) is 4.77. The van der Waals surface area contributed by atoms with Crippen molar-refractivity contribution in [3.8, 4) is 11.5 Å². The molecule has 0 atom stereocenters. The van der Waals surface area contributed by atoms with E-state index < -0.39 is 0 Å². The van der Waals surface area contributed by atoms with Gasteiger partial charge in [-0.15, -0.1) is 0 Å². The Morgan fingerprint density at radius 2 is 2.05 bits per heavy atom. The second-order valence-corrected chi connectivity index (χ2v) is 5.61. The standard InChI is InChI=1S/C15H20Cl2NO2.ClH/c1-3-18-7-4-5-12(18)6-8-20-14-10-11(16)9-13(17)15(14)19-2;/h9-10H,3-8H2,1-2H3;1H/q+1;/p-1. The highest BCUT2D eigenvalue weighted by atomic mass is 35.5. The van der Waals surface area contributed by atoms with Gasteiger partial charge < -0.3 is 21.9 Å². The number of rotatable bonds is 6. The lowest BCUT2D eigenvalue weighted by atomic mass is 10.2. The van der Waals surface area contributed by atoms with Crippen molar-refractivity contribution in [2.75, 3.05) is 26.8 Å². The van der Waals surface area contributed by atoms with Gasteiger partial charge in [0.15, 0.2) is 17.2 Å². The van der Waals surface area contributed by atoms with Crippen LogP contribution in [0.1, 0.15) is 26.2 Å². The van der Waals surface area contributed by atoms with Gasteiger partial charge in [-0.1, -0.05) is 23.2 Å². The minimum atomic E-state index is 0. The molecule has 6 heteroatoms. The molecule has 2 rings (SSSR count). The summed E-state index contributed by atoms with van der Waals surface area (Å²) >= 11 is 12.1. The van der Waals surface area contributed by atoms with E-state index in [-0.39, 0.29) is 12.4 Å². The van der Waals surface area contributed by atoms with Crippen LogP contribution in [0, 0.1) is 0 Å². The van der Waals surface area contributed by atoms with Gasteiger partial charge in [0.05, 0.1) is 25.2 Å². The molecule has 0 fully saturated rings. The van der Waals surface area contributed by atoms with E-state index in [0.717, 1.165) is 19.5 Å². The van der Waals surface area contributed by atoms with Crippen molar-refractivity contribution in [3.63, 3.8) is 0 Å². The van der Waals surface area contributed by atoms with Crippen LogP contribution < -0.4 is 21.9 Å². The number of nitrogens with zero attached hydrogens (tertiary/aromatic N) is 1. The van der Waals surface area contributed by atoms with Crippen LogP contribution in [0.25, 0.3) is 0 Å². The van der Waals surface area contributed by atoms with E-state index in [4.69, 9.17) is 32.7 Å². The fraction of sp³-hybridized carbons (Fsp3) is 0.533.